The first kappa shape index (κ1) is 13.1. The molecule has 0 aliphatic carbocycles. The third-order valence-corrected chi connectivity index (χ3v) is 4.01. The average molecular weight is 321 g/mol. The molecule has 0 radical (unpaired) electrons. The number of hydrogen-bond donors (Lipinski definition) is 1. The number of ether oxygens (including phenoxy) is 1. The van der Waals surface area contributed by atoms with E-state index < -0.39 is 0 Å². The first-order chi connectivity index (χ1) is 8.16. The number of rotatable bonds is 5. The van der Waals surface area contributed by atoms with E-state index in [-0.39, 0.29) is 6.10 Å². The fourth-order valence-electron chi connectivity index (χ4n) is 1.79. The van der Waals surface area contributed by atoms with Crippen LogP contribution in [0.3, 0.4) is 0 Å². The highest BCUT2D eigenvalue weighted by Crippen LogP contribution is 2.31. The van der Waals surface area contributed by atoms with Crippen LogP contribution in [0.1, 0.15) is 6.42 Å². The highest BCUT2D eigenvalue weighted by atomic mass is 79.9. The molecule has 1 aromatic rings. The zero-order chi connectivity index (χ0) is 12.3. The summed E-state index contributed by atoms with van der Waals surface area (Å²) >= 11 is 9.43. The Morgan fingerprint density at radius 1 is 1.47 bits per heavy atom. The molecular weight excluding hydrogens is 305 g/mol. The molecule has 1 saturated heterocycles. The van der Waals surface area contributed by atoms with E-state index in [2.05, 4.69) is 20.8 Å². The van der Waals surface area contributed by atoms with Gasteiger partial charge < -0.3 is 9.84 Å². The molecule has 0 aromatic heterocycles. The van der Waals surface area contributed by atoms with Gasteiger partial charge in [-0.15, -0.1) is 0 Å². The molecule has 0 spiro atoms. The van der Waals surface area contributed by atoms with Gasteiger partial charge in [0.15, 0.2) is 0 Å². The minimum atomic E-state index is -0.129. The summed E-state index contributed by atoms with van der Waals surface area (Å²) in [6.07, 6.45) is 0.811. The van der Waals surface area contributed by atoms with Crippen molar-refractivity contribution in [2.45, 2.75) is 12.5 Å². The van der Waals surface area contributed by atoms with E-state index in [4.69, 9.17) is 21.4 Å². The summed E-state index contributed by atoms with van der Waals surface area (Å²) in [4.78, 5) is 2.20. The molecule has 1 N–H and O–H groups in total. The molecule has 3 nitrogen and oxygen atoms in total. The van der Waals surface area contributed by atoms with Crippen molar-refractivity contribution in [1.29, 1.82) is 0 Å². The van der Waals surface area contributed by atoms with Gasteiger partial charge in [0.05, 0.1) is 17.7 Å². The van der Waals surface area contributed by atoms with Crippen molar-refractivity contribution in [2.24, 2.45) is 0 Å². The summed E-state index contributed by atoms with van der Waals surface area (Å²) in [6, 6.07) is 5.65. The number of nitrogens with zero attached hydrogens (tertiary/aromatic N) is 1. The van der Waals surface area contributed by atoms with Gasteiger partial charge in [-0.3, -0.25) is 4.90 Å². The minimum absolute atomic E-state index is 0.129. The minimum Gasteiger partial charge on any atom is -0.492 e. The van der Waals surface area contributed by atoms with Crippen LogP contribution in [0.4, 0.5) is 0 Å². The molecule has 1 aliphatic rings. The number of halogens is 2. The number of β-amino-alcohol motifs (C(OH)–C–C–N with tert-alkyl or cyclic N) is 1. The van der Waals surface area contributed by atoms with Gasteiger partial charge in [-0.2, -0.15) is 0 Å². The Balaban J connectivity index is 1.69. The SMILES string of the molecule is OC1CN(CCCOc2cccc(Br)c2Cl)C1. The first-order valence-electron chi connectivity index (χ1n) is 5.64. The first-order valence-corrected chi connectivity index (χ1v) is 6.81. The Hall–Kier alpha value is -0.290. The van der Waals surface area contributed by atoms with Crippen molar-refractivity contribution >= 4 is 27.5 Å². The molecule has 1 aromatic carbocycles. The maximum Gasteiger partial charge on any atom is 0.139 e. The predicted molar refractivity (Wildman–Crippen MR) is 71.7 cm³/mol. The van der Waals surface area contributed by atoms with Gasteiger partial charge in [0.1, 0.15) is 5.75 Å². The average Bonchev–Trinajstić information content (AvgIpc) is 2.27. The van der Waals surface area contributed by atoms with Crippen LogP contribution in [0.2, 0.25) is 5.02 Å². The van der Waals surface area contributed by atoms with Crippen LogP contribution < -0.4 is 4.74 Å². The van der Waals surface area contributed by atoms with E-state index in [1.165, 1.54) is 0 Å². The number of aliphatic hydroxyl groups is 1. The molecule has 0 unspecified atom stereocenters. The zero-order valence-corrected chi connectivity index (χ0v) is 11.7. The summed E-state index contributed by atoms with van der Waals surface area (Å²) in [6.45, 7) is 3.18. The van der Waals surface area contributed by atoms with Crippen LogP contribution in [0.15, 0.2) is 22.7 Å². The van der Waals surface area contributed by atoms with Crippen molar-refractivity contribution in [2.75, 3.05) is 26.2 Å². The van der Waals surface area contributed by atoms with Gasteiger partial charge in [0.2, 0.25) is 0 Å². The number of hydrogen-bond acceptors (Lipinski definition) is 3. The Labute approximate surface area is 114 Å². The van der Waals surface area contributed by atoms with E-state index in [1.54, 1.807) is 0 Å². The Bertz CT molecular complexity index is 383. The Morgan fingerprint density at radius 3 is 2.94 bits per heavy atom. The van der Waals surface area contributed by atoms with E-state index >= 15 is 0 Å². The monoisotopic (exact) mass is 319 g/mol. The van der Waals surface area contributed by atoms with Gasteiger partial charge in [0, 0.05) is 24.1 Å². The van der Waals surface area contributed by atoms with Crippen LogP contribution in [-0.2, 0) is 0 Å². The second-order valence-electron chi connectivity index (χ2n) is 4.17. The van der Waals surface area contributed by atoms with Crippen molar-refractivity contribution in [3.05, 3.63) is 27.7 Å². The van der Waals surface area contributed by atoms with Crippen LogP contribution in [0.5, 0.6) is 5.75 Å². The fraction of sp³-hybridized carbons (Fsp3) is 0.500. The summed E-state index contributed by atoms with van der Waals surface area (Å²) in [5, 5.41) is 9.74. The third kappa shape index (κ3) is 3.58. The normalized spacial score (nSPS) is 16.9. The van der Waals surface area contributed by atoms with Crippen LogP contribution in [-0.4, -0.2) is 42.4 Å². The highest BCUT2D eigenvalue weighted by molar-refractivity contribution is 9.10. The molecular formula is C12H15BrClNO2. The molecule has 5 heteroatoms. The molecule has 17 heavy (non-hydrogen) atoms. The highest BCUT2D eigenvalue weighted by Gasteiger charge is 2.23. The Kier molecular flexibility index (Phi) is 4.68. The van der Waals surface area contributed by atoms with Gasteiger partial charge in [-0.1, -0.05) is 17.7 Å². The molecule has 0 bridgehead atoms. The lowest BCUT2D eigenvalue weighted by molar-refractivity contribution is 0.0000499. The van der Waals surface area contributed by atoms with E-state index in [1.807, 2.05) is 18.2 Å². The molecule has 1 fully saturated rings. The van der Waals surface area contributed by atoms with Gasteiger partial charge in [0.25, 0.3) is 0 Å². The zero-order valence-electron chi connectivity index (χ0n) is 9.40. The molecule has 1 heterocycles. The van der Waals surface area contributed by atoms with E-state index in [0.29, 0.717) is 17.4 Å². The molecule has 0 amide bonds. The molecule has 2 rings (SSSR count). The maximum absolute atomic E-state index is 9.12. The molecule has 1 aliphatic heterocycles. The summed E-state index contributed by atoms with van der Waals surface area (Å²) in [7, 11) is 0. The van der Waals surface area contributed by atoms with Gasteiger partial charge in [-0.05, 0) is 34.5 Å². The van der Waals surface area contributed by atoms with Gasteiger partial charge >= 0.3 is 0 Å². The quantitative estimate of drug-likeness (QED) is 0.846. The van der Waals surface area contributed by atoms with Crippen molar-refractivity contribution in [1.82, 2.24) is 4.90 Å². The number of likely N-dealkylation sites (tertiary alicyclic amines) is 1. The number of aliphatic hydroxyl groups excluding tert-OH is 1. The lowest BCUT2D eigenvalue weighted by Crippen LogP contribution is -2.50. The van der Waals surface area contributed by atoms with Crippen molar-refractivity contribution < 1.29 is 9.84 Å². The van der Waals surface area contributed by atoms with Crippen LogP contribution in [0.25, 0.3) is 0 Å². The third-order valence-electron chi connectivity index (χ3n) is 2.73. The second kappa shape index (κ2) is 6.05. The van der Waals surface area contributed by atoms with Gasteiger partial charge in [-0.25, -0.2) is 0 Å². The summed E-state index contributed by atoms with van der Waals surface area (Å²) in [5.74, 6) is 0.713. The second-order valence-corrected chi connectivity index (χ2v) is 5.40. The van der Waals surface area contributed by atoms with E-state index in [9.17, 15) is 0 Å². The molecule has 0 saturated carbocycles. The topological polar surface area (TPSA) is 32.7 Å². The van der Waals surface area contributed by atoms with Crippen LogP contribution >= 0.6 is 27.5 Å². The molecule has 0 atom stereocenters. The van der Waals surface area contributed by atoms with Crippen molar-refractivity contribution in [3.63, 3.8) is 0 Å². The standard InChI is InChI=1S/C12H15BrClNO2/c13-10-3-1-4-11(12(10)14)17-6-2-5-15-7-9(16)8-15/h1,3-4,9,16H,2,5-8H2. The lowest BCUT2D eigenvalue weighted by Gasteiger charge is -2.35. The Morgan fingerprint density at radius 2 is 2.24 bits per heavy atom. The summed E-state index contributed by atoms with van der Waals surface area (Å²) < 4.78 is 6.46. The lowest BCUT2D eigenvalue weighted by atomic mass is 10.1. The number of benzene rings is 1. The van der Waals surface area contributed by atoms with Crippen molar-refractivity contribution in [3.8, 4) is 5.75 Å². The largest absolute Gasteiger partial charge is 0.492 e. The van der Waals surface area contributed by atoms with E-state index in [0.717, 1.165) is 30.5 Å². The fourth-order valence-corrected chi connectivity index (χ4v) is 2.32. The smallest absolute Gasteiger partial charge is 0.139 e. The maximum atomic E-state index is 9.12. The molecule has 94 valence electrons. The van der Waals surface area contributed by atoms with Crippen LogP contribution in [0, 0.1) is 0 Å². The summed E-state index contributed by atoms with van der Waals surface area (Å²) in [5.41, 5.74) is 0. The predicted octanol–water partition coefficient (Wildman–Crippen LogP) is 2.55.